The molecule has 30 heavy (non-hydrogen) atoms. The lowest BCUT2D eigenvalue weighted by atomic mass is 9.94. The van der Waals surface area contributed by atoms with Crippen molar-refractivity contribution in [1.82, 2.24) is 15.3 Å². The van der Waals surface area contributed by atoms with E-state index in [1.807, 2.05) is 12.1 Å². The van der Waals surface area contributed by atoms with Gasteiger partial charge < -0.3 is 15.0 Å². The van der Waals surface area contributed by atoms with Crippen molar-refractivity contribution in [1.29, 1.82) is 0 Å². The van der Waals surface area contributed by atoms with Gasteiger partial charge in [-0.15, -0.1) is 0 Å². The second kappa shape index (κ2) is 6.22. The molecule has 2 aliphatic heterocycles. The SMILES string of the molecule is Clc1ccc2c(c1)COc1cc3c(ccc4nc(C5C[C@@H]6CCC[C@@H]6N5)[nH]c43)cc1-2. The molecule has 4 aromatic rings. The number of hydrogen-bond donors (Lipinski definition) is 2. The van der Waals surface area contributed by atoms with Gasteiger partial charge in [-0.05, 0) is 72.0 Å². The molecule has 1 saturated carbocycles. The Balaban J connectivity index is 1.35. The fourth-order valence-corrected chi connectivity index (χ4v) is 6.00. The van der Waals surface area contributed by atoms with Crippen LogP contribution in [0.25, 0.3) is 32.9 Å². The molecule has 0 bridgehead atoms. The highest BCUT2D eigenvalue weighted by Gasteiger charge is 2.38. The van der Waals surface area contributed by atoms with Crippen LogP contribution in [0.3, 0.4) is 0 Å². The minimum absolute atomic E-state index is 0.341. The third-order valence-electron chi connectivity index (χ3n) is 7.28. The maximum absolute atomic E-state index is 6.18. The number of fused-ring (bicyclic) bond motifs is 7. The Hall–Kier alpha value is -2.56. The summed E-state index contributed by atoms with van der Waals surface area (Å²) in [7, 11) is 0. The Morgan fingerprint density at radius 3 is 2.93 bits per heavy atom. The zero-order valence-electron chi connectivity index (χ0n) is 16.5. The zero-order valence-corrected chi connectivity index (χ0v) is 17.3. The van der Waals surface area contributed by atoms with Gasteiger partial charge >= 0.3 is 0 Å². The maximum Gasteiger partial charge on any atom is 0.128 e. The number of halogens is 1. The fraction of sp³-hybridized carbons (Fsp3) is 0.320. The van der Waals surface area contributed by atoms with E-state index < -0.39 is 0 Å². The number of nitrogens with one attached hydrogen (secondary N) is 2. The van der Waals surface area contributed by atoms with E-state index in [1.54, 1.807) is 0 Å². The van der Waals surface area contributed by atoms with Crippen LogP contribution >= 0.6 is 11.6 Å². The van der Waals surface area contributed by atoms with Gasteiger partial charge in [-0.1, -0.05) is 30.2 Å². The molecule has 2 N–H and O–H groups in total. The Labute approximate surface area is 179 Å². The first-order chi connectivity index (χ1) is 14.7. The van der Waals surface area contributed by atoms with Crippen LogP contribution in [0.2, 0.25) is 5.02 Å². The third-order valence-corrected chi connectivity index (χ3v) is 7.51. The van der Waals surface area contributed by atoms with Gasteiger partial charge in [-0.3, -0.25) is 0 Å². The van der Waals surface area contributed by atoms with Crippen LogP contribution in [0.15, 0.2) is 42.5 Å². The summed E-state index contributed by atoms with van der Waals surface area (Å²) >= 11 is 6.18. The summed E-state index contributed by atoms with van der Waals surface area (Å²) in [6.07, 6.45) is 5.22. The van der Waals surface area contributed by atoms with Crippen molar-refractivity contribution in [2.24, 2.45) is 5.92 Å². The summed E-state index contributed by atoms with van der Waals surface area (Å²) in [5.74, 6) is 2.81. The number of nitrogens with zero attached hydrogens (tertiary/aromatic N) is 1. The first-order valence-corrected chi connectivity index (χ1v) is 11.2. The van der Waals surface area contributed by atoms with Crippen molar-refractivity contribution in [3.05, 3.63) is 58.9 Å². The molecular formula is C25H22ClN3O. The molecule has 1 aliphatic carbocycles. The Morgan fingerprint density at radius 2 is 2.00 bits per heavy atom. The molecule has 1 saturated heterocycles. The molecule has 150 valence electrons. The topological polar surface area (TPSA) is 49.9 Å². The molecule has 2 fully saturated rings. The Kier molecular flexibility index (Phi) is 3.56. The average molecular weight is 416 g/mol. The predicted molar refractivity (Wildman–Crippen MR) is 120 cm³/mol. The van der Waals surface area contributed by atoms with Gasteiger partial charge in [0, 0.05) is 22.0 Å². The molecule has 1 aromatic heterocycles. The van der Waals surface area contributed by atoms with Crippen LogP contribution in [0, 0.1) is 5.92 Å². The molecule has 3 aromatic carbocycles. The number of imidazole rings is 1. The van der Waals surface area contributed by atoms with E-state index in [1.165, 1.54) is 42.0 Å². The van der Waals surface area contributed by atoms with Gasteiger partial charge in [0.15, 0.2) is 0 Å². The summed E-state index contributed by atoms with van der Waals surface area (Å²) in [6.45, 7) is 0.549. The monoisotopic (exact) mass is 415 g/mol. The Bertz CT molecular complexity index is 1320. The molecule has 5 heteroatoms. The summed E-state index contributed by atoms with van der Waals surface area (Å²) in [4.78, 5) is 8.61. The van der Waals surface area contributed by atoms with Crippen LogP contribution in [0.4, 0.5) is 0 Å². The molecule has 0 spiro atoms. The summed E-state index contributed by atoms with van der Waals surface area (Å²) in [6, 6.07) is 15.8. The Morgan fingerprint density at radius 1 is 1.03 bits per heavy atom. The van der Waals surface area contributed by atoms with Gasteiger partial charge in [0.25, 0.3) is 0 Å². The van der Waals surface area contributed by atoms with Crippen LogP contribution in [-0.2, 0) is 6.61 Å². The summed E-state index contributed by atoms with van der Waals surface area (Å²) < 4.78 is 6.11. The molecule has 3 heterocycles. The number of hydrogen-bond acceptors (Lipinski definition) is 3. The van der Waals surface area contributed by atoms with E-state index in [0.717, 1.165) is 44.7 Å². The minimum Gasteiger partial charge on any atom is -0.488 e. The lowest BCUT2D eigenvalue weighted by Crippen LogP contribution is -2.24. The van der Waals surface area contributed by atoms with E-state index in [2.05, 4.69) is 40.6 Å². The smallest absolute Gasteiger partial charge is 0.128 e. The van der Waals surface area contributed by atoms with E-state index in [9.17, 15) is 0 Å². The van der Waals surface area contributed by atoms with Crippen LogP contribution in [0.5, 0.6) is 5.75 Å². The summed E-state index contributed by atoms with van der Waals surface area (Å²) in [5.41, 5.74) is 5.60. The van der Waals surface area contributed by atoms with Crippen molar-refractivity contribution < 1.29 is 4.74 Å². The fourth-order valence-electron chi connectivity index (χ4n) is 5.80. The number of ether oxygens (including phenoxy) is 1. The zero-order chi connectivity index (χ0) is 19.8. The van der Waals surface area contributed by atoms with Gasteiger partial charge in [-0.2, -0.15) is 0 Å². The van der Waals surface area contributed by atoms with Crippen molar-refractivity contribution in [2.45, 2.75) is 44.4 Å². The maximum atomic E-state index is 6.18. The molecular weight excluding hydrogens is 394 g/mol. The van der Waals surface area contributed by atoms with Gasteiger partial charge in [-0.25, -0.2) is 4.98 Å². The molecule has 1 unspecified atom stereocenters. The third kappa shape index (κ3) is 2.47. The highest BCUT2D eigenvalue weighted by Crippen LogP contribution is 2.43. The minimum atomic E-state index is 0.341. The number of benzene rings is 3. The van der Waals surface area contributed by atoms with Gasteiger partial charge in [0.2, 0.25) is 0 Å². The van der Waals surface area contributed by atoms with Gasteiger partial charge in [0.1, 0.15) is 18.2 Å². The lowest BCUT2D eigenvalue weighted by molar-refractivity contribution is 0.303. The molecule has 3 atom stereocenters. The number of aromatic nitrogens is 2. The number of rotatable bonds is 1. The average Bonchev–Trinajstić information content (AvgIpc) is 3.46. The van der Waals surface area contributed by atoms with E-state index in [0.29, 0.717) is 18.7 Å². The largest absolute Gasteiger partial charge is 0.488 e. The van der Waals surface area contributed by atoms with Crippen molar-refractivity contribution >= 4 is 33.4 Å². The lowest BCUT2D eigenvalue weighted by Gasteiger charge is -2.21. The molecule has 0 radical (unpaired) electrons. The standard InChI is InChI=1S/C25H22ClN3O/c26-16-5-6-17-15(8-16)12-30-23-11-18-13(9-19(17)23)4-7-21-24(18)29-25(28-21)22-10-14-2-1-3-20(14)27-22/h4-9,11,14,20,22,27H,1-3,10,12H2,(H,28,29)/t14-,20-,22?/m0/s1. The highest BCUT2D eigenvalue weighted by atomic mass is 35.5. The molecule has 3 aliphatic rings. The first kappa shape index (κ1) is 17.2. The predicted octanol–water partition coefficient (Wildman–Crippen LogP) is 6.13. The van der Waals surface area contributed by atoms with Crippen molar-refractivity contribution in [3.63, 3.8) is 0 Å². The molecule has 0 amide bonds. The number of H-pyrrole nitrogens is 1. The summed E-state index contributed by atoms with van der Waals surface area (Å²) in [5, 5.41) is 6.92. The van der Waals surface area contributed by atoms with Crippen LogP contribution in [0.1, 0.15) is 43.1 Å². The first-order valence-electron chi connectivity index (χ1n) is 10.9. The second-order valence-corrected chi connectivity index (χ2v) is 9.43. The van der Waals surface area contributed by atoms with Crippen molar-refractivity contribution in [3.8, 4) is 16.9 Å². The molecule has 7 rings (SSSR count). The van der Waals surface area contributed by atoms with E-state index >= 15 is 0 Å². The van der Waals surface area contributed by atoms with Crippen LogP contribution in [-0.4, -0.2) is 16.0 Å². The second-order valence-electron chi connectivity index (χ2n) is 8.99. The van der Waals surface area contributed by atoms with Crippen molar-refractivity contribution in [2.75, 3.05) is 0 Å². The van der Waals surface area contributed by atoms with Crippen LogP contribution < -0.4 is 10.1 Å². The van der Waals surface area contributed by atoms with Gasteiger partial charge in [0.05, 0.1) is 17.1 Å². The highest BCUT2D eigenvalue weighted by molar-refractivity contribution is 6.30. The van der Waals surface area contributed by atoms with E-state index in [4.69, 9.17) is 21.3 Å². The number of aromatic amines is 1. The normalized spacial score (nSPS) is 24.6. The quantitative estimate of drug-likeness (QED) is 0.393. The molecule has 4 nitrogen and oxygen atoms in total. The van der Waals surface area contributed by atoms with E-state index in [-0.39, 0.29) is 0 Å².